The summed E-state index contributed by atoms with van der Waals surface area (Å²) in [5, 5.41) is 2.65. The summed E-state index contributed by atoms with van der Waals surface area (Å²) in [7, 11) is 0. The summed E-state index contributed by atoms with van der Waals surface area (Å²) in [6.45, 7) is 3.96. The first-order valence-electron chi connectivity index (χ1n) is 7.46. The number of hydrogen-bond acceptors (Lipinski definition) is 5. The number of aromatic amines is 1. The van der Waals surface area contributed by atoms with Crippen molar-refractivity contribution in [3.63, 3.8) is 0 Å². The molecular formula is C15H19F3N2O4. The lowest BCUT2D eigenvalue weighted by molar-refractivity contribution is -0.144. The van der Waals surface area contributed by atoms with Crippen LogP contribution in [-0.2, 0) is 15.7 Å². The van der Waals surface area contributed by atoms with Crippen LogP contribution < -0.4 is 10.9 Å². The standard InChI is InChI=1S/C15H19F3N2O4/c1-3-5-19-11(14(23)24-6-4-2)12(21)9-7-10(15(16,17)18)13(22)20-8-9/h7-8,11,19H,3-6H2,1-2H3,(H,20,22). The van der Waals surface area contributed by atoms with Crippen LogP contribution in [0.15, 0.2) is 17.1 Å². The van der Waals surface area contributed by atoms with E-state index in [9.17, 15) is 27.6 Å². The molecule has 0 saturated heterocycles. The highest BCUT2D eigenvalue weighted by atomic mass is 19.4. The summed E-state index contributed by atoms with van der Waals surface area (Å²) < 4.78 is 43.2. The zero-order valence-corrected chi connectivity index (χ0v) is 13.3. The van der Waals surface area contributed by atoms with E-state index >= 15 is 0 Å². The molecule has 1 aromatic heterocycles. The van der Waals surface area contributed by atoms with Gasteiger partial charge in [-0.05, 0) is 25.5 Å². The number of H-pyrrole nitrogens is 1. The highest BCUT2D eigenvalue weighted by Crippen LogP contribution is 2.26. The molecule has 24 heavy (non-hydrogen) atoms. The van der Waals surface area contributed by atoms with Crippen molar-refractivity contribution in [1.82, 2.24) is 10.3 Å². The van der Waals surface area contributed by atoms with Gasteiger partial charge in [-0.1, -0.05) is 13.8 Å². The summed E-state index contributed by atoms with van der Waals surface area (Å²) in [5.74, 6) is -1.76. The number of ketones is 1. The van der Waals surface area contributed by atoms with Gasteiger partial charge in [-0.25, -0.2) is 4.79 Å². The average Bonchev–Trinajstić information content (AvgIpc) is 2.52. The third-order valence-electron chi connectivity index (χ3n) is 3.04. The number of hydrogen-bond donors (Lipinski definition) is 2. The second-order valence-electron chi connectivity index (χ2n) is 5.05. The largest absolute Gasteiger partial charge is 0.464 e. The number of carbonyl (C=O) groups is 2. The Bertz CT molecular complexity index is 640. The summed E-state index contributed by atoms with van der Waals surface area (Å²) >= 11 is 0. The van der Waals surface area contributed by atoms with Crippen LogP contribution >= 0.6 is 0 Å². The van der Waals surface area contributed by atoms with Crippen LogP contribution in [0.1, 0.15) is 42.6 Å². The second-order valence-corrected chi connectivity index (χ2v) is 5.05. The minimum Gasteiger partial charge on any atom is -0.464 e. The van der Waals surface area contributed by atoms with Gasteiger partial charge in [0.1, 0.15) is 5.56 Å². The molecule has 9 heteroatoms. The van der Waals surface area contributed by atoms with Gasteiger partial charge < -0.3 is 9.72 Å². The molecule has 0 saturated carbocycles. The van der Waals surface area contributed by atoms with E-state index in [1.165, 1.54) is 0 Å². The van der Waals surface area contributed by atoms with E-state index in [0.29, 0.717) is 25.5 Å². The Hall–Kier alpha value is -2.16. The molecule has 1 aromatic rings. The molecule has 2 N–H and O–H groups in total. The highest BCUT2D eigenvalue weighted by Gasteiger charge is 2.36. The van der Waals surface area contributed by atoms with Crippen molar-refractivity contribution in [3.8, 4) is 0 Å². The van der Waals surface area contributed by atoms with E-state index in [-0.39, 0.29) is 6.61 Å². The molecule has 1 atom stereocenters. The predicted octanol–water partition coefficient (Wildman–Crippen LogP) is 1.90. The molecule has 0 radical (unpaired) electrons. The third-order valence-corrected chi connectivity index (χ3v) is 3.04. The molecule has 0 fully saturated rings. The monoisotopic (exact) mass is 348 g/mol. The molecule has 6 nitrogen and oxygen atoms in total. The van der Waals surface area contributed by atoms with Gasteiger partial charge >= 0.3 is 12.1 Å². The van der Waals surface area contributed by atoms with Crippen LogP contribution in [0.5, 0.6) is 0 Å². The fourth-order valence-electron chi connectivity index (χ4n) is 1.86. The maximum absolute atomic E-state index is 12.8. The first kappa shape index (κ1) is 19.9. The first-order chi connectivity index (χ1) is 11.2. The van der Waals surface area contributed by atoms with Crippen molar-refractivity contribution in [1.29, 1.82) is 0 Å². The zero-order valence-electron chi connectivity index (χ0n) is 13.3. The van der Waals surface area contributed by atoms with Crippen molar-refractivity contribution in [2.45, 2.75) is 38.9 Å². The number of carbonyl (C=O) groups excluding carboxylic acids is 2. The second kappa shape index (κ2) is 8.62. The summed E-state index contributed by atoms with van der Waals surface area (Å²) in [6, 6.07) is -0.988. The molecule has 134 valence electrons. The van der Waals surface area contributed by atoms with E-state index < -0.39 is 40.7 Å². The highest BCUT2D eigenvalue weighted by molar-refractivity contribution is 6.12. The van der Waals surface area contributed by atoms with Gasteiger partial charge in [0.2, 0.25) is 0 Å². The van der Waals surface area contributed by atoms with Gasteiger partial charge in [-0.3, -0.25) is 14.9 Å². The lowest BCUT2D eigenvalue weighted by atomic mass is 10.0. The fourth-order valence-corrected chi connectivity index (χ4v) is 1.86. The Kier molecular flexibility index (Phi) is 7.15. The number of Topliss-reactive ketones (excluding diaryl/α,β-unsaturated/α-hetero) is 1. The van der Waals surface area contributed by atoms with Crippen LogP contribution in [0.4, 0.5) is 13.2 Å². The van der Waals surface area contributed by atoms with Crippen LogP contribution in [0, 0.1) is 0 Å². The van der Waals surface area contributed by atoms with Crippen molar-refractivity contribution < 1.29 is 27.5 Å². The minimum absolute atomic E-state index is 0.0931. The molecule has 0 aliphatic heterocycles. The molecule has 1 rings (SSSR count). The lowest BCUT2D eigenvalue weighted by Crippen LogP contribution is -2.45. The van der Waals surface area contributed by atoms with Crippen molar-refractivity contribution >= 4 is 11.8 Å². The van der Waals surface area contributed by atoms with Gasteiger partial charge in [-0.2, -0.15) is 13.2 Å². The topological polar surface area (TPSA) is 88.3 Å². The van der Waals surface area contributed by atoms with E-state index in [1.54, 1.807) is 13.8 Å². The third kappa shape index (κ3) is 5.19. The number of pyridine rings is 1. The Balaban J connectivity index is 3.14. The number of aromatic nitrogens is 1. The van der Waals surface area contributed by atoms with Crippen molar-refractivity contribution in [2.75, 3.05) is 13.2 Å². The molecular weight excluding hydrogens is 329 g/mol. The molecule has 0 bridgehead atoms. The molecule has 1 heterocycles. The van der Waals surface area contributed by atoms with Crippen LogP contribution in [0.25, 0.3) is 0 Å². The van der Waals surface area contributed by atoms with Gasteiger partial charge in [0.05, 0.1) is 6.61 Å². The first-order valence-corrected chi connectivity index (χ1v) is 7.46. The predicted molar refractivity (Wildman–Crippen MR) is 79.7 cm³/mol. The molecule has 0 aliphatic carbocycles. The number of rotatable bonds is 8. The smallest absolute Gasteiger partial charge is 0.421 e. The Morgan fingerprint density at radius 3 is 2.50 bits per heavy atom. The number of halogens is 3. The molecule has 0 aliphatic rings. The number of nitrogens with one attached hydrogen (secondary N) is 2. The molecule has 0 amide bonds. The van der Waals surface area contributed by atoms with Gasteiger partial charge in [-0.15, -0.1) is 0 Å². The molecule has 0 aromatic carbocycles. The summed E-state index contributed by atoms with van der Waals surface area (Å²) in [5.41, 5.74) is -3.28. The number of alkyl halides is 3. The van der Waals surface area contributed by atoms with E-state index in [1.807, 2.05) is 4.98 Å². The van der Waals surface area contributed by atoms with Crippen molar-refractivity contribution in [2.24, 2.45) is 0 Å². The maximum Gasteiger partial charge on any atom is 0.421 e. The van der Waals surface area contributed by atoms with Crippen molar-refractivity contribution in [3.05, 3.63) is 33.7 Å². The van der Waals surface area contributed by atoms with Gasteiger partial charge in [0, 0.05) is 11.8 Å². The van der Waals surface area contributed by atoms with E-state index in [0.717, 1.165) is 6.20 Å². The summed E-state index contributed by atoms with van der Waals surface area (Å²) in [6.07, 6.45) is -2.91. The lowest BCUT2D eigenvalue weighted by Gasteiger charge is -2.16. The Labute approximate surface area is 136 Å². The van der Waals surface area contributed by atoms with Crippen LogP contribution in [-0.4, -0.2) is 35.9 Å². The molecule has 0 spiro atoms. The summed E-state index contributed by atoms with van der Waals surface area (Å²) in [4.78, 5) is 37.5. The van der Waals surface area contributed by atoms with Crippen LogP contribution in [0.2, 0.25) is 0 Å². The SMILES string of the molecule is CCCNC(C(=O)OCCC)C(=O)c1c[nH]c(=O)c(C(F)(F)F)c1. The maximum atomic E-state index is 12.8. The van der Waals surface area contributed by atoms with Gasteiger partial charge in [0.15, 0.2) is 11.8 Å². The van der Waals surface area contributed by atoms with Gasteiger partial charge in [0.25, 0.3) is 5.56 Å². The Morgan fingerprint density at radius 1 is 1.29 bits per heavy atom. The average molecular weight is 348 g/mol. The quantitative estimate of drug-likeness (QED) is 0.426. The fraction of sp³-hybridized carbons (Fsp3) is 0.533. The number of esters is 1. The van der Waals surface area contributed by atoms with E-state index in [4.69, 9.17) is 4.74 Å². The van der Waals surface area contributed by atoms with E-state index in [2.05, 4.69) is 5.32 Å². The normalized spacial score (nSPS) is 12.7. The van der Waals surface area contributed by atoms with Crippen LogP contribution in [0.3, 0.4) is 0 Å². The number of ether oxygens (including phenoxy) is 1. The zero-order chi connectivity index (χ0) is 18.3. The minimum atomic E-state index is -4.90. The Morgan fingerprint density at radius 2 is 1.96 bits per heavy atom. The molecule has 1 unspecified atom stereocenters.